The number of non-ortho nitro benzene ring substituents is 1. The van der Waals surface area contributed by atoms with Gasteiger partial charge in [0.15, 0.2) is 0 Å². The van der Waals surface area contributed by atoms with Crippen LogP contribution in [0, 0.1) is 17.0 Å². The fraction of sp³-hybridized carbons (Fsp3) is 0.375. The highest BCUT2D eigenvalue weighted by atomic mass is 16.6. The van der Waals surface area contributed by atoms with Gasteiger partial charge in [-0.3, -0.25) is 15.0 Å². The van der Waals surface area contributed by atoms with Gasteiger partial charge in [0.25, 0.3) is 5.69 Å². The molecular formula is C16H19N5O2. The number of piperazine rings is 1. The van der Waals surface area contributed by atoms with E-state index in [0.29, 0.717) is 0 Å². The monoisotopic (exact) mass is 313 g/mol. The molecule has 3 rings (SSSR count). The van der Waals surface area contributed by atoms with Crippen molar-refractivity contribution in [3.05, 3.63) is 58.0 Å². The Morgan fingerprint density at radius 1 is 1.17 bits per heavy atom. The van der Waals surface area contributed by atoms with Crippen LogP contribution in [0.5, 0.6) is 0 Å². The van der Waals surface area contributed by atoms with Crippen molar-refractivity contribution in [3.63, 3.8) is 0 Å². The minimum Gasteiger partial charge on any atom is -0.354 e. The maximum absolute atomic E-state index is 10.8. The van der Waals surface area contributed by atoms with Crippen molar-refractivity contribution in [1.29, 1.82) is 0 Å². The van der Waals surface area contributed by atoms with Gasteiger partial charge in [0, 0.05) is 56.6 Å². The molecule has 0 aliphatic carbocycles. The summed E-state index contributed by atoms with van der Waals surface area (Å²) in [5, 5.41) is 10.8. The van der Waals surface area contributed by atoms with Crippen molar-refractivity contribution in [1.82, 2.24) is 14.9 Å². The molecule has 1 aromatic carbocycles. The fourth-order valence-electron chi connectivity index (χ4n) is 2.78. The zero-order valence-electron chi connectivity index (χ0n) is 13.1. The minimum absolute atomic E-state index is 0.151. The Bertz CT molecular complexity index is 698. The topological polar surface area (TPSA) is 75.4 Å². The Kier molecular flexibility index (Phi) is 4.47. The average molecular weight is 313 g/mol. The first-order valence-electron chi connectivity index (χ1n) is 7.61. The van der Waals surface area contributed by atoms with Crippen molar-refractivity contribution in [2.75, 3.05) is 31.1 Å². The number of aromatic nitrogens is 2. The third-order valence-electron chi connectivity index (χ3n) is 4.01. The number of benzene rings is 1. The molecule has 1 aromatic heterocycles. The number of nitrogens with zero attached hydrogens (tertiary/aromatic N) is 5. The molecule has 7 nitrogen and oxygen atoms in total. The molecular weight excluding hydrogens is 294 g/mol. The zero-order chi connectivity index (χ0) is 16.2. The molecule has 0 unspecified atom stereocenters. The standard InChI is InChI=1S/C16H19N5O2/c1-13-9-16(18-12-17-13)20-7-5-19(6-8-20)11-14-3-2-4-15(10-14)21(22)23/h2-4,9-10,12H,5-8,11H2,1H3. The summed E-state index contributed by atoms with van der Waals surface area (Å²) >= 11 is 0. The quantitative estimate of drug-likeness (QED) is 0.635. The van der Waals surface area contributed by atoms with E-state index in [0.717, 1.165) is 49.8 Å². The second-order valence-corrected chi connectivity index (χ2v) is 5.71. The average Bonchev–Trinajstić information content (AvgIpc) is 2.56. The zero-order valence-corrected chi connectivity index (χ0v) is 13.1. The van der Waals surface area contributed by atoms with Crippen LogP contribution in [0.4, 0.5) is 11.5 Å². The van der Waals surface area contributed by atoms with Gasteiger partial charge in [-0.1, -0.05) is 12.1 Å². The van der Waals surface area contributed by atoms with Crippen LogP contribution in [0.3, 0.4) is 0 Å². The Hall–Kier alpha value is -2.54. The molecule has 120 valence electrons. The number of rotatable bonds is 4. The molecule has 1 aliphatic rings. The molecule has 0 atom stereocenters. The molecule has 7 heteroatoms. The fourth-order valence-corrected chi connectivity index (χ4v) is 2.78. The van der Waals surface area contributed by atoms with Crippen LogP contribution in [-0.2, 0) is 6.54 Å². The lowest BCUT2D eigenvalue weighted by Crippen LogP contribution is -2.46. The van der Waals surface area contributed by atoms with Gasteiger partial charge in [-0.15, -0.1) is 0 Å². The van der Waals surface area contributed by atoms with E-state index in [1.54, 1.807) is 18.5 Å². The predicted molar refractivity (Wildman–Crippen MR) is 87.4 cm³/mol. The summed E-state index contributed by atoms with van der Waals surface area (Å²) in [6.45, 7) is 6.30. The Labute approximate surface area is 134 Å². The molecule has 0 spiro atoms. The smallest absolute Gasteiger partial charge is 0.269 e. The second-order valence-electron chi connectivity index (χ2n) is 5.71. The van der Waals surface area contributed by atoms with E-state index < -0.39 is 0 Å². The first-order valence-corrected chi connectivity index (χ1v) is 7.61. The lowest BCUT2D eigenvalue weighted by atomic mass is 10.1. The maximum atomic E-state index is 10.8. The SMILES string of the molecule is Cc1cc(N2CCN(Cc3cccc([N+](=O)[O-])c3)CC2)ncn1. The number of nitro groups is 1. The third-order valence-corrected chi connectivity index (χ3v) is 4.01. The summed E-state index contributed by atoms with van der Waals surface area (Å²) in [4.78, 5) is 23.5. The van der Waals surface area contributed by atoms with Crippen LogP contribution in [0.2, 0.25) is 0 Å². The molecule has 1 aliphatic heterocycles. The van der Waals surface area contributed by atoms with Crippen molar-refractivity contribution in [3.8, 4) is 0 Å². The molecule has 2 heterocycles. The van der Waals surface area contributed by atoms with E-state index in [4.69, 9.17) is 0 Å². The molecule has 23 heavy (non-hydrogen) atoms. The Morgan fingerprint density at radius 3 is 2.65 bits per heavy atom. The van der Waals surface area contributed by atoms with Gasteiger partial charge in [-0.25, -0.2) is 9.97 Å². The predicted octanol–water partition coefficient (Wildman–Crippen LogP) is 2.02. The van der Waals surface area contributed by atoms with Gasteiger partial charge in [0.1, 0.15) is 12.1 Å². The molecule has 0 bridgehead atoms. The lowest BCUT2D eigenvalue weighted by Gasteiger charge is -2.35. The van der Waals surface area contributed by atoms with E-state index in [1.807, 2.05) is 19.1 Å². The van der Waals surface area contributed by atoms with Gasteiger partial charge in [-0.2, -0.15) is 0 Å². The van der Waals surface area contributed by atoms with Crippen LogP contribution >= 0.6 is 0 Å². The molecule has 0 amide bonds. The van der Waals surface area contributed by atoms with Gasteiger partial charge in [-0.05, 0) is 12.5 Å². The van der Waals surface area contributed by atoms with Crippen LogP contribution in [0.15, 0.2) is 36.7 Å². The van der Waals surface area contributed by atoms with E-state index in [-0.39, 0.29) is 10.6 Å². The first-order chi connectivity index (χ1) is 11.1. The molecule has 1 saturated heterocycles. The third kappa shape index (κ3) is 3.81. The number of nitro benzene ring substituents is 1. The van der Waals surface area contributed by atoms with Crippen LogP contribution in [0.1, 0.15) is 11.3 Å². The minimum atomic E-state index is -0.348. The van der Waals surface area contributed by atoms with E-state index in [2.05, 4.69) is 19.8 Å². The largest absolute Gasteiger partial charge is 0.354 e. The van der Waals surface area contributed by atoms with Crippen molar-refractivity contribution in [2.45, 2.75) is 13.5 Å². The summed E-state index contributed by atoms with van der Waals surface area (Å²) in [6, 6.07) is 8.86. The highest BCUT2D eigenvalue weighted by Gasteiger charge is 2.18. The number of anilines is 1. The van der Waals surface area contributed by atoms with E-state index in [9.17, 15) is 10.1 Å². The Morgan fingerprint density at radius 2 is 1.96 bits per heavy atom. The van der Waals surface area contributed by atoms with Crippen LogP contribution in [-0.4, -0.2) is 46.0 Å². The number of aryl methyl sites for hydroxylation is 1. The highest BCUT2D eigenvalue weighted by molar-refractivity contribution is 5.39. The van der Waals surface area contributed by atoms with Gasteiger partial charge < -0.3 is 4.90 Å². The summed E-state index contributed by atoms with van der Waals surface area (Å²) in [5.74, 6) is 0.965. The molecule has 1 fully saturated rings. The number of hydrogen-bond acceptors (Lipinski definition) is 6. The van der Waals surface area contributed by atoms with E-state index >= 15 is 0 Å². The second kappa shape index (κ2) is 6.70. The van der Waals surface area contributed by atoms with Crippen molar-refractivity contribution >= 4 is 11.5 Å². The van der Waals surface area contributed by atoms with Crippen LogP contribution in [0.25, 0.3) is 0 Å². The van der Waals surface area contributed by atoms with Crippen LogP contribution < -0.4 is 4.90 Å². The molecule has 0 N–H and O–H groups in total. The highest BCUT2D eigenvalue weighted by Crippen LogP contribution is 2.17. The lowest BCUT2D eigenvalue weighted by molar-refractivity contribution is -0.384. The number of hydrogen-bond donors (Lipinski definition) is 0. The summed E-state index contributed by atoms with van der Waals surface area (Å²) in [5.41, 5.74) is 2.09. The summed E-state index contributed by atoms with van der Waals surface area (Å²) in [6.07, 6.45) is 1.60. The first kappa shape index (κ1) is 15.4. The van der Waals surface area contributed by atoms with Gasteiger partial charge >= 0.3 is 0 Å². The van der Waals surface area contributed by atoms with Gasteiger partial charge in [0.2, 0.25) is 0 Å². The van der Waals surface area contributed by atoms with Gasteiger partial charge in [0.05, 0.1) is 4.92 Å². The Balaban J connectivity index is 1.59. The van der Waals surface area contributed by atoms with Crippen molar-refractivity contribution < 1.29 is 4.92 Å². The molecule has 0 saturated carbocycles. The molecule has 2 aromatic rings. The maximum Gasteiger partial charge on any atom is 0.269 e. The van der Waals surface area contributed by atoms with E-state index in [1.165, 1.54) is 6.07 Å². The molecule has 0 radical (unpaired) electrons. The summed E-state index contributed by atoms with van der Waals surface area (Å²) in [7, 11) is 0. The normalized spacial score (nSPS) is 15.6. The van der Waals surface area contributed by atoms with Crippen molar-refractivity contribution in [2.24, 2.45) is 0 Å². The summed E-state index contributed by atoms with van der Waals surface area (Å²) < 4.78 is 0.